The molecule has 0 aliphatic rings. The normalized spacial score (nSPS) is 11.8. The van der Waals surface area contributed by atoms with Crippen molar-refractivity contribution in [3.63, 3.8) is 0 Å². The number of phenolic OH excluding ortho intramolecular Hbond substituents is 2. The molecule has 0 saturated heterocycles. The van der Waals surface area contributed by atoms with Gasteiger partial charge in [-0.05, 0) is 71.6 Å². The Kier molecular flexibility index (Phi) is 6.37. The molecule has 0 aliphatic heterocycles. The average Bonchev–Trinajstić information content (AvgIpc) is 3.30. The van der Waals surface area contributed by atoms with Crippen LogP contribution in [0.1, 0.15) is 24.1 Å². The van der Waals surface area contributed by atoms with Crippen molar-refractivity contribution < 1.29 is 15.0 Å². The van der Waals surface area contributed by atoms with Gasteiger partial charge < -0.3 is 15.0 Å². The average molecular weight is 475 g/mol. The van der Waals surface area contributed by atoms with Crippen molar-refractivity contribution >= 4 is 6.29 Å². The van der Waals surface area contributed by atoms with Crippen LogP contribution in [0.4, 0.5) is 0 Å². The summed E-state index contributed by atoms with van der Waals surface area (Å²) in [6, 6.07) is 31.3. The second kappa shape index (κ2) is 9.92. The first-order chi connectivity index (χ1) is 17.6. The standard InChI is InChI=1S/C31H26N2O3/c1-2-28-30(24-12-16-26(35)17-13-24)32-33(31(28)25-14-18-27(36)19-15-25)29(20-34)23-10-8-22(9-11-23)21-6-4-3-5-7-21/h3-20,29,35-36H,2H2,1H3. The molecule has 1 aromatic heterocycles. The smallest absolute Gasteiger partial charge is 0.149 e. The maximum Gasteiger partial charge on any atom is 0.149 e. The molecule has 4 aromatic carbocycles. The van der Waals surface area contributed by atoms with Crippen molar-refractivity contribution in [1.29, 1.82) is 0 Å². The maximum absolute atomic E-state index is 12.6. The Morgan fingerprint density at radius 1 is 0.722 bits per heavy atom. The van der Waals surface area contributed by atoms with Crippen molar-refractivity contribution in [1.82, 2.24) is 9.78 Å². The Morgan fingerprint density at radius 3 is 1.81 bits per heavy atom. The Labute approximate surface area is 209 Å². The number of aromatic nitrogens is 2. The predicted molar refractivity (Wildman–Crippen MR) is 142 cm³/mol. The molecule has 5 heteroatoms. The van der Waals surface area contributed by atoms with Gasteiger partial charge in [-0.15, -0.1) is 0 Å². The van der Waals surface area contributed by atoms with Crippen LogP contribution in [0.25, 0.3) is 33.6 Å². The SMILES string of the molecule is CCc1c(-c2ccc(O)cc2)nn(C(C=O)c2ccc(-c3ccccc3)cc2)c1-c1ccc(O)cc1. The lowest BCUT2D eigenvalue weighted by atomic mass is 9.98. The summed E-state index contributed by atoms with van der Waals surface area (Å²) in [6.45, 7) is 2.06. The van der Waals surface area contributed by atoms with Crippen molar-refractivity contribution in [3.8, 4) is 45.1 Å². The van der Waals surface area contributed by atoms with Crippen LogP contribution in [0.3, 0.4) is 0 Å². The molecule has 1 unspecified atom stereocenters. The zero-order chi connectivity index (χ0) is 25.1. The third-order valence-electron chi connectivity index (χ3n) is 6.40. The summed E-state index contributed by atoms with van der Waals surface area (Å²) >= 11 is 0. The van der Waals surface area contributed by atoms with Crippen LogP contribution in [0.5, 0.6) is 11.5 Å². The van der Waals surface area contributed by atoms with Gasteiger partial charge in [-0.3, -0.25) is 0 Å². The van der Waals surface area contributed by atoms with Gasteiger partial charge in [0, 0.05) is 16.7 Å². The third kappa shape index (κ3) is 4.39. The van der Waals surface area contributed by atoms with E-state index in [2.05, 4.69) is 19.1 Å². The molecule has 0 saturated carbocycles. The number of aromatic hydroxyl groups is 2. The molecular weight excluding hydrogens is 448 g/mol. The van der Waals surface area contributed by atoms with Gasteiger partial charge in [-0.25, -0.2) is 4.68 Å². The Morgan fingerprint density at radius 2 is 1.25 bits per heavy atom. The van der Waals surface area contributed by atoms with Crippen molar-refractivity contribution in [2.75, 3.05) is 0 Å². The van der Waals surface area contributed by atoms with E-state index in [4.69, 9.17) is 5.10 Å². The van der Waals surface area contributed by atoms with E-state index in [0.717, 1.165) is 51.1 Å². The molecule has 0 amide bonds. The summed E-state index contributed by atoms with van der Waals surface area (Å²) in [7, 11) is 0. The number of rotatable bonds is 7. The molecule has 5 aromatic rings. The lowest BCUT2D eigenvalue weighted by molar-refractivity contribution is -0.109. The summed E-state index contributed by atoms with van der Waals surface area (Å²) in [5.41, 5.74) is 7.28. The molecule has 5 nitrogen and oxygen atoms in total. The highest BCUT2D eigenvalue weighted by molar-refractivity contribution is 5.77. The monoisotopic (exact) mass is 474 g/mol. The van der Waals surface area contributed by atoms with E-state index in [1.165, 1.54) is 0 Å². The highest BCUT2D eigenvalue weighted by atomic mass is 16.3. The molecule has 1 atom stereocenters. The lowest BCUT2D eigenvalue weighted by Gasteiger charge is -2.17. The minimum Gasteiger partial charge on any atom is -0.508 e. The van der Waals surface area contributed by atoms with Crippen LogP contribution >= 0.6 is 0 Å². The lowest BCUT2D eigenvalue weighted by Crippen LogP contribution is -2.15. The Bertz CT molecular complexity index is 1470. The summed E-state index contributed by atoms with van der Waals surface area (Å²) in [5, 5.41) is 24.6. The predicted octanol–water partition coefficient (Wildman–Crippen LogP) is 6.65. The van der Waals surface area contributed by atoms with E-state index in [9.17, 15) is 15.0 Å². The molecule has 0 spiro atoms. The number of nitrogens with zero attached hydrogens (tertiary/aromatic N) is 2. The zero-order valence-electron chi connectivity index (χ0n) is 19.9. The fourth-order valence-electron chi connectivity index (χ4n) is 4.56. The summed E-state index contributed by atoms with van der Waals surface area (Å²) in [5.74, 6) is 0.351. The van der Waals surface area contributed by atoms with E-state index in [1.807, 2.05) is 66.7 Å². The van der Waals surface area contributed by atoms with Gasteiger partial charge in [0.05, 0.1) is 11.4 Å². The fourth-order valence-corrected chi connectivity index (χ4v) is 4.56. The topological polar surface area (TPSA) is 75.4 Å². The maximum atomic E-state index is 12.6. The first kappa shape index (κ1) is 23.1. The van der Waals surface area contributed by atoms with Crippen LogP contribution in [0.2, 0.25) is 0 Å². The van der Waals surface area contributed by atoms with E-state index in [1.54, 1.807) is 28.9 Å². The number of hydrogen-bond acceptors (Lipinski definition) is 4. The molecule has 36 heavy (non-hydrogen) atoms. The minimum absolute atomic E-state index is 0.171. The van der Waals surface area contributed by atoms with Gasteiger partial charge in [0.1, 0.15) is 23.8 Å². The first-order valence-electron chi connectivity index (χ1n) is 11.9. The molecule has 0 fully saturated rings. The Hall–Kier alpha value is -4.64. The van der Waals surface area contributed by atoms with Crippen molar-refractivity contribution in [3.05, 3.63) is 114 Å². The minimum atomic E-state index is -0.644. The molecular formula is C31H26N2O3. The number of aldehydes is 1. The summed E-state index contributed by atoms with van der Waals surface area (Å²) in [6.07, 6.45) is 1.60. The third-order valence-corrected chi connectivity index (χ3v) is 6.40. The van der Waals surface area contributed by atoms with Crippen molar-refractivity contribution in [2.24, 2.45) is 0 Å². The number of benzene rings is 4. The Balaban J connectivity index is 1.66. The van der Waals surface area contributed by atoms with E-state index in [0.29, 0.717) is 6.42 Å². The van der Waals surface area contributed by atoms with Gasteiger partial charge in [-0.1, -0.05) is 61.5 Å². The fraction of sp³-hybridized carbons (Fsp3) is 0.0968. The van der Waals surface area contributed by atoms with Gasteiger partial charge in [0.25, 0.3) is 0 Å². The van der Waals surface area contributed by atoms with Crippen LogP contribution < -0.4 is 0 Å². The largest absolute Gasteiger partial charge is 0.508 e. The number of carbonyl (C=O) groups excluding carboxylic acids is 1. The van der Waals surface area contributed by atoms with Crippen molar-refractivity contribution in [2.45, 2.75) is 19.4 Å². The molecule has 2 N–H and O–H groups in total. The summed E-state index contributed by atoms with van der Waals surface area (Å²) in [4.78, 5) is 12.6. The van der Waals surface area contributed by atoms with Crippen LogP contribution in [0, 0.1) is 0 Å². The van der Waals surface area contributed by atoms with Gasteiger partial charge in [-0.2, -0.15) is 5.10 Å². The highest BCUT2D eigenvalue weighted by Crippen LogP contribution is 2.37. The number of phenols is 2. The molecule has 0 aliphatic carbocycles. The molecule has 0 bridgehead atoms. The molecule has 5 rings (SSSR count). The number of hydrogen-bond donors (Lipinski definition) is 2. The van der Waals surface area contributed by atoms with Crippen LogP contribution in [-0.4, -0.2) is 26.3 Å². The molecule has 1 heterocycles. The van der Waals surface area contributed by atoms with Gasteiger partial charge in [0.2, 0.25) is 0 Å². The van der Waals surface area contributed by atoms with E-state index < -0.39 is 6.04 Å². The van der Waals surface area contributed by atoms with E-state index in [-0.39, 0.29) is 11.5 Å². The van der Waals surface area contributed by atoms with Crippen LogP contribution in [-0.2, 0) is 11.2 Å². The second-order valence-corrected chi connectivity index (χ2v) is 8.64. The van der Waals surface area contributed by atoms with Gasteiger partial charge >= 0.3 is 0 Å². The first-order valence-corrected chi connectivity index (χ1v) is 11.9. The van der Waals surface area contributed by atoms with Gasteiger partial charge in [0.15, 0.2) is 0 Å². The number of carbonyl (C=O) groups is 1. The van der Waals surface area contributed by atoms with E-state index >= 15 is 0 Å². The highest BCUT2D eigenvalue weighted by Gasteiger charge is 2.25. The summed E-state index contributed by atoms with van der Waals surface area (Å²) < 4.78 is 1.78. The quantitative estimate of drug-likeness (QED) is 0.259. The molecule has 0 radical (unpaired) electrons. The second-order valence-electron chi connectivity index (χ2n) is 8.64. The van der Waals surface area contributed by atoms with Crippen LogP contribution in [0.15, 0.2) is 103 Å². The molecule has 178 valence electrons. The zero-order valence-corrected chi connectivity index (χ0v) is 19.9.